The van der Waals surface area contributed by atoms with Gasteiger partial charge in [-0.1, -0.05) is 11.6 Å². The standard InChI is InChI=1S/C11H14ClN3O/c1-7-8(2-5-14-7)11(16)15-10-6-13-4-3-9(10)12/h3-4,6-8,14H,2,5H2,1H3,(H,15,16). The molecule has 2 heterocycles. The maximum absolute atomic E-state index is 11.9. The van der Waals surface area contributed by atoms with Crippen LogP contribution < -0.4 is 10.6 Å². The van der Waals surface area contributed by atoms with Gasteiger partial charge in [0.25, 0.3) is 0 Å². The molecule has 1 aliphatic rings. The van der Waals surface area contributed by atoms with E-state index in [2.05, 4.69) is 15.6 Å². The van der Waals surface area contributed by atoms with Gasteiger partial charge in [-0.3, -0.25) is 9.78 Å². The summed E-state index contributed by atoms with van der Waals surface area (Å²) in [6.07, 6.45) is 4.02. The first kappa shape index (κ1) is 11.4. The second-order valence-corrected chi connectivity index (χ2v) is 4.39. The van der Waals surface area contributed by atoms with Crippen molar-refractivity contribution in [1.82, 2.24) is 10.3 Å². The molecule has 2 rings (SSSR count). The number of nitrogens with one attached hydrogen (secondary N) is 2. The Labute approximate surface area is 99.4 Å². The fourth-order valence-corrected chi connectivity index (χ4v) is 2.06. The van der Waals surface area contributed by atoms with Gasteiger partial charge in [0, 0.05) is 12.2 Å². The molecular formula is C11H14ClN3O. The molecule has 86 valence electrons. The lowest BCUT2D eigenvalue weighted by atomic mass is 10.0. The van der Waals surface area contributed by atoms with Gasteiger partial charge < -0.3 is 10.6 Å². The summed E-state index contributed by atoms with van der Waals surface area (Å²) >= 11 is 5.94. The van der Waals surface area contributed by atoms with E-state index in [1.807, 2.05) is 6.92 Å². The highest BCUT2D eigenvalue weighted by atomic mass is 35.5. The maximum atomic E-state index is 11.9. The molecule has 0 aliphatic carbocycles. The Balaban J connectivity index is 2.05. The van der Waals surface area contributed by atoms with Gasteiger partial charge in [-0.25, -0.2) is 0 Å². The fourth-order valence-electron chi connectivity index (χ4n) is 1.91. The van der Waals surface area contributed by atoms with Gasteiger partial charge in [0.2, 0.25) is 5.91 Å². The number of hydrogen-bond acceptors (Lipinski definition) is 3. The van der Waals surface area contributed by atoms with E-state index in [1.165, 1.54) is 0 Å². The van der Waals surface area contributed by atoms with Crippen LogP contribution in [0.5, 0.6) is 0 Å². The summed E-state index contributed by atoms with van der Waals surface area (Å²) in [5, 5.41) is 6.57. The molecule has 1 aliphatic heterocycles. The molecule has 1 amide bonds. The van der Waals surface area contributed by atoms with Crippen LogP contribution in [-0.4, -0.2) is 23.5 Å². The van der Waals surface area contributed by atoms with E-state index in [9.17, 15) is 4.79 Å². The summed E-state index contributed by atoms with van der Waals surface area (Å²) < 4.78 is 0. The zero-order valence-corrected chi connectivity index (χ0v) is 9.79. The van der Waals surface area contributed by atoms with E-state index in [0.29, 0.717) is 10.7 Å². The largest absolute Gasteiger partial charge is 0.323 e. The lowest BCUT2D eigenvalue weighted by Gasteiger charge is -2.15. The quantitative estimate of drug-likeness (QED) is 0.826. The normalized spacial score (nSPS) is 24.4. The van der Waals surface area contributed by atoms with E-state index in [4.69, 9.17) is 11.6 Å². The highest BCUT2D eigenvalue weighted by Crippen LogP contribution is 2.22. The van der Waals surface area contributed by atoms with Crippen molar-refractivity contribution >= 4 is 23.2 Å². The molecule has 1 fully saturated rings. The molecule has 4 nitrogen and oxygen atoms in total. The summed E-state index contributed by atoms with van der Waals surface area (Å²) in [5.41, 5.74) is 0.577. The Morgan fingerprint density at radius 2 is 2.50 bits per heavy atom. The van der Waals surface area contributed by atoms with Crippen molar-refractivity contribution in [2.75, 3.05) is 11.9 Å². The molecule has 1 saturated heterocycles. The maximum Gasteiger partial charge on any atom is 0.229 e. The number of nitrogens with zero attached hydrogens (tertiary/aromatic N) is 1. The second-order valence-electron chi connectivity index (χ2n) is 3.98. The first-order chi connectivity index (χ1) is 7.68. The zero-order valence-electron chi connectivity index (χ0n) is 9.03. The number of rotatable bonds is 2. The first-order valence-electron chi connectivity index (χ1n) is 5.32. The molecule has 5 heteroatoms. The van der Waals surface area contributed by atoms with E-state index in [-0.39, 0.29) is 17.9 Å². The van der Waals surface area contributed by atoms with Crippen molar-refractivity contribution < 1.29 is 4.79 Å². The minimum Gasteiger partial charge on any atom is -0.323 e. The van der Waals surface area contributed by atoms with Crippen LogP contribution in [0.25, 0.3) is 0 Å². The van der Waals surface area contributed by atoms with Crippen molar-refractivity contribution in [2.24, 2.45) is 5.92 Å². The summed E-state index contributed by atoms with van der Waals surface area (Å²) in [4.78, 5) is 15.9. The van der Waals surface area contributed by atoms with Gasteiger partial charge in [0.1, 0.15) is 0 Å². The smallest absolute Gasteiger partial charge is 0.229 e. The number of aromatic nitrogens is 1. The van der Waals surface area contributed by atoms with Crippen LogP contribution in [0.1, 0.15) is 13.3 Å². The molecular weight excluding hydrogens is 226 g/mol. The van der Waals surface area contributed by atoms with Gasteiger partial charge in [-0.2, -0.15) is 0 Å². The number of hydrogen-bond donors (Lipinski definition) is 2. The number of pyridine rings is 1. The van der Waals surface area contributed by atoms with Crippen molar-refractivity contribution in [3.63, 3.8) is 0 Å². The third kappa shape index (κ3) is 2.33. The Morgan fingerprint density at radius 3 is 3.12 bits per heavy atom. The Kier molecular flexibility index (Phi) is 3.41. The predicted molar refractivity (Wildman–Crippen MR) is 63.4 cm³/mol. The molecule has 2 unspecified atom stereocenters. The molecule has 0 bridgehead atoms. The molecule has 1 aromatic heterocycles. The predicted octanol–water partition coefficient (Wildman–Crippen LogP) is 1.67. The molecule has 0 aromatic carbocycles. The van der Waals surface area contributed by atoms with Gasteiger partial charge in [0.05, 0.1) is 22.8 Å². The summed E-state index contributed by atoms with van der Waals surface area (Å²) in [6.45, 7) is 2.90. The van der Waals surface area contributed by atoms with E-state index in [0.717, 1.165) is 13.0 Å². The van der Waals surface area contributed by atoms with Crippen LogP contribution >= 0.6 is 11.6 Å². The molecule has 0 spiro atoms. The van der Waals surface area contributed by atoms with Crippen molar-refractivity contribution in [2.45, 2.75) is 19.4 Å². The van der Waals surface area contributed by atoms with Crippen LogP contribution in [0.15, 0.2) is 18.5 Å². The Morgan fingerprint density at radius 1 is 1.69 bits per heavy atom. The summed E-state index contributed by atoms with van der Waals surface area (Å²) in [7, 11) is 0. The summed E-state index contributed by atoms with van der Waals surface area (Å²) in [5.74, 6) is 0.0173. The first-order valence-corrected chi connectivity index (χ1v) is 5.70. The number of amides is 1. The fraction of sp³-hybridized carbons (Fsp3) is 0.455. The average molecular weight is 240 g/mol. The van der Waals surface area contributed by atoms with Gasteiger partial charge >= 0.3 is 0 Å². The minimum atomic E-state index is 0.00685. The van der Waals surface area contributed by atoms with Crippen LogP contribution in [0.3, 0.4) is 0 Å². The van der Waals surface area contributed by atoms with Crippen LogP contribution in [0.4, 0.5) is 5.69 Å². The van der Waals surface area contributed by atoms with E-state index in [1.54, 1.807) is 18.5 Å². The molecule has 0 saturated carbocycles. The van der Waals surface area contributed by atoms with E-state index >= 15 is 0 Å². The second kappa shape index (κ2) is 4.80. The van der Waals surface area contributed by atoms with Gasteiger partial charge in [-0.15, -0.1) is 0 Å². The van der Waals surface area contributed by atoms with E-state index < -0.39 is 0 Å². The topological polar surface area (TPSA) is 54.0 Å². The van der Waals surface area contributed by atoms with Crippen LogP contribution in [0.2, 0.25) is 5.02 Å². The molecule has 2 atom stereocenters. The highest BCUT2D eigenvalue weighted by molar-refractivity contribution is 6.33. The van der Waals surface area contributed by atoms with Crippen molar-refractivity contribution in [3.8, 4) is 0 Å². The van der Waals surface area contributed by atoms with Gasteiger partial charge in [0.15, 0.2) is 0 Å². The Hall–Kier alpha value is -1.13. The van der Waals surface area contributed by atoms with Crippen molar-refractivity contribution in [3.05, 3.63) is 23.5 Å². The minimum absolute atomic E-state index is 0.00685. The number of carbonyl (C=O) groups is 1. The van der Waals surface area contributed by atoms with Crippen LogP contribution in [-0.2, 0) is 4.79 Å². The monoisotopic (exact) mass is 239 g/mol. The molecule has 1 aromatic rings. The van der Waals surface area contributed by atoms with Gasteiger partial charge in [-0.05, 0) is 26.0 Å². The molecule has 2 N–H and O–H groups in total. The summed E-state index contributed by atoms with van der Waals surface area (Å²) in [6, 6.07) is 1.88. The molecule has 0 radical (unpaired) electrons. The van der Waals surface area contributed by atoms with Crippen molar-refractivity contribution in [1.29, 1.82) is 0 Å². The number of halogens is 1. The lowest BCUT2D eigenvalue weighted by molar-refractivity contribution is -0.120. The SMILES string of the molecule is CC1NCCC1C(=O)Nc1cnccc1Cl. The third-order valence-electron chi connectivity index (χ3n) is 2.89. The lowest BCUT2D eigenvalue weighted by Crippen LogP contribution is -2.32. The number of carbonyl (C=O) groups excluding carboxylic acids is 1. The third-order valence-corrected chi connectivity index (χ3v) is 3.22. The number of anilines is 1. The highest BCUT2D eigenvalue weighted by Gasteiger charge is 2.29. The molecule has 16 heavy (non-hydrogen) atoms. The zero-order chi connectivity index (χ0) is 11.5. The Bertz CT molecular complexity index is 397. The average Bonchev–Trinajstić information content (AvgIpc) is 2.68. The van der Waals surface area contributed by atoms with Crippen LogP contribution in [0, 0.1) is 5.92 Å².